The average Bonchev–Trinajstić information content (AvgIpc) is 3.02. The summed E-state index contributed by atoms with van der Waals surface area (Å²) in [6, 6.07) is 5.54. The summed E-state index contributed by atoms with van der Waals surface area (Å²) in [6.45, 7) is 0.423. The number of hydrogen-bond acceptors (Lipinski definition) is 1. The fraction of sp³-hybridized carbons (Fsp3) is 0.500. The van der Waals surface area contributed by atoms with E-state index in [0.717, 1.165) is 24.5 Å². The Labute approximate surface area is 92.5 Å². The van der Waals surface area contributed by atoms with Gasteiger partial charge in [-0.15, -0.1) is 0 Å². The van der Waals surface area contributed by atoms with Crippen LogP contribution < -0.4 is 5.73 Å². The Bertz CT molecular complexity index is 369. The zero-order valence-electron chi connectivity index (χ0n) is 8.80. The quantitative estimate of drug-likeness (QED) is 0.846. The lowest BCUT2D eigenvalue weighted by Gasteiger charge is -2.16. The van der Waals surface area contributed by atoms with E-state index in [1.54, 1.807) is 6.07 Å². The van der Waals surface area contributed by atoms with E-state index in [0.29, 0.717) is 12.5 Å². The van der Waals surface area contributed by atoms with Crippen molar-refractivity contribution in [3.05, 3.63) is 35.4 Å². The van der Waals surface area contributed by atoms with Crippen molar-refractivity contribution in [3.8, 4) is 0 Å². The van der Waals surface area contributed by atoms with Crippen LogP contribution in [0.4, 0.5) is 13.2 Å². The van der Waals surface area contributed by atoms with Gasteiger partial charge in [0.25, 0.3) is 0 Å². The van der Waals surface area contributed by atoms with Crippen molar-refractivity contribution in [2.24, 2.45) is 11.7 Å². The summed E-state index contributed by atoms with van der Waals surface area (Å²) in [4.78, 5) is 0. The van der Waals surface area contributed by atoms with Gasteiger partial charge in [0.2, 0.25) is 0 Å². The summed E-state index contributed by atoms with van der Waals surface area (Å²) >= 11 is 0. The molecule has 1 aromatic rings. The highest BCUT2D eigenvalue weighted by molar-refractivity contribution is 5.29. The van der Waals surface area contributed by atoms with Crippen LogP contribution in [-0.4, -0.2) is 6.54 Å². The summed E-state index contributed by atoms with van der Waals surface area (Å²) in [7, 11) is 0. The molecular weight excluding hydrogens is 215 g/mol. The van der Waals surface area contributed by atoms with Crippen LogP contribution in [0.5, 0.6) is 0 Å². The summed E-state index contributed by atoms with van der Waals surface area (Å²) in [5.41, 5.74) is 5.77. The van der Waals surface area contributed by atoms with E-state index in [2.05, 4.69) is 0 Å². The summed E-state index contributed by atoms with van der Waals surface area (Å²) in [6.07, 6.45) is -2.10. The fourth-order valence-electron chi connectivity index (χ4n) is 2.04. The molecule has 1 aromatic carbocycles. The molecular formula is C12H14F3N. The zero-order chi connectivity index (χ0) is 11.8. The second-order valence-corrected chi connectivity index (χ2v) is 4.30. The van der Waals surface area contributed by atoms with Crippen molar-refractivity contribution < 1.29 is 13.2 Å². The molecule has 0 bridgehead atoms. The van der Waals surface area contributed by atoms with Gasteiger partial charge in [0, 0.05) is 0 Å². The van der Waals surface area contributed by atoms with Crippen LogP contribution in [-0.2, 0) is 6.18 Å². The van der Waals surface area contributed by atoms with E-state index in [9.17, 15) is 13.2 Å². The number of hydrogen-bond donors (Lipinski definition) is 1. The highest BCUT2D eigenvalue weighted by Crippen LogP contribution is 2.42. The molecule has 4 heteroatoms. The Morgan fingerprint density at radius 2 is 2.00 bits per heavy atom. The number of alkyl halides is 3. The summed E-state index contributed by atoms with van der Waals surface area (Å²) < 4.78 is 37.6. The maximum atomic E-state index is 12.5. The van der Waals surface area contributed by atoms with Crippen molar-refractivity contribution >= 4 is 0 Å². The lowest BCUT2D eigenvalue weighted by atomic mass is 9.93. The van der Waals surface area contributed by atoms with Crippen LogP contribution >= 0.6 is 0 Å². The van der Waals surface area contributed by atoms with Gasteiger partial charge in [-0.25, -0.2) is 0 Å². The summed E-state index contributed by atoms with van der Waals surface area (Å²) in [5.74, 6) is 0.566. The first-order chi connectivity index (χ1) is 7.52. The van der Waals surface area contributed by atoms with E-state index < -0.39 is 11.7 Å². The number of halogens is 3. The second kappa shape index (κ2) is 4.09. The molecule has 1 saturated carbocycles. The third kappa shape index (κ3) is 2.38. The SMILES string of the molecule is NCC(c1cccc(C(F)(F)F)c1)C1CC1. The van der Waals surface area contributed by atoms with Crippen LogP contribution in [0.1, 0.15) is 29.9 Å². The normalized spacial score (nSPS) is 18.5. The van der Waals surface area contributed by atoms with Gasteiger partial charge < -0.3 is 5.73 Å². The topological polar surface area (TPSA) is 26.0 Å². The Morgan fingerprint density at radius 3 is 2.50 bits per heavy atom. The summed E-state index contributed by atoms with van der Waals surface area (Å²) in [5, 5.41) is 0. The smallest absolute Gasteiger partial charge is 0.330 e. The first-order valence-corrected chi connectivity index (χ1v) is 5.39. The molecule has 88 valence electrons. The van der Waals surface area contributed by atoms with Crippen LogP contribution in [0, 0.1) is 5.92 Å². The monoisotopic (exact) mass is 229 g/mol. The molecule has 1 atom stereocenters. The van der Waals surface area contributed by atoms with Crippen LogP contribution in [0.25, 0.3) is 0 Å². The molecule has 0 heterocycles. The molecule has 0 spiro atoms. The van der Waals surface area contributed by atoms with Crippen molar-refractivity contribution in [1.29, 1.82) is 0 Å². The first kappa shape index (κ1) is 11.5. The predicted molar refractivity (Wildman–Crippen MR) is 56.0 cm³/mol. The van der Waals surface area contributed by atoms with Crippen LogP contribution in [0.3, 0.4) is 0 Å². The molecule has 1 fully saturated rings. The van der Waals surface area contributed by atoms with E-state index in [1.165, 1.54) is 12.1 Å². The third-order valence-corrected chi connectivity index (χ3v) is 3.09. The third-order valence-electron chi connectivity index (χ3n) is 3.09. The molecule has 1 aliphatic carbocycles. The predicted octanol–water partition coefficient (Wildman–Crippen LogP) is 3.16. The van der Waals surface area contributed by atoms with Crippen molar-refractivity contribution in [1.82, 2.24) is 0 Å². The van der Waals surface area contributed by atoms with E-state index >= 15 is 0 Å². The molecule has 0 saturated heterocycles. The van der Waals surface area contributed by atoms with Gasteiger partial charge in [0.1, 0.15) is 0 Å². The minimum absolute atomic E-state index is 0.0855. The Morgan fingerprint density at radius 1 is 1.31 bits per heavy atom. The average molecular weight is 229 g/mol. The standard InChI is InChI=1S/C12H14F3N/c13-12(14,15)10-3-1-2-9(6-10)11(7-16)8-4-5-8/h1-3,6,8,11H,4-5,7,16H2. The largest absolute Gasteiger partial charge is 0.416 e. The number of nitrogens with two attached hydrogens (primary N) is 1. The van der Waals surface area contributed by atoms with Gasteiger partial charge in [0.05, 0.1) is 5.56 Å². The van der Waals surface area contributed by atoms with Crippen molar-refractivity contribution in [2.75, 3.05) is 6.54 Å². The molecule has 1 nitrogen and oxygen atoms in total. The van der Waals surface area contributed by atoms with E-state index in [4.69, 9.17) is 5.73 Å². The maximum Gasteiger partial charge on any atom is 0.416 e. The molecule has 16 heavy (non-hydrogen) atoms. The van der Waals surface area contributed by atoms with Gasteiger partial charge in [0.15, 0.2) is 0 Å². The van der Waals surface area contributed by atoms with Gasteiger partial charge in [-0.1, -0.05) is 18.2 Å². The van der Waals surface area contributed by atoms with Crippen LogP contribution in [0.2, 0.25) is 0 Å². The van der Waals surface area contributed by atoms with Gasteiger partial charge in [-0.3, -0.25) is 0 Å². The van der Waals surface area contributed by atoms with Crippen LogP contribution in [0.15, 0.2) is 24.3 Å². The van der Waals surface area contributed by atoms with E-state index in [-0.39, 0.29) is 5.92 Å². The fourth-order valence-corrected chi connectivity index (χ4v) is 2.04. The van der Waals surface area contributed by atoms with E-state index in [1.807, 2.05) is 0 Å². The highest BCUT2D eigenvalue weighted by Gasteiger charge is 2.34. The Hall–Kier alpha value is -1.03. The molecule has 0 radical (unpaired) electrons. The van der Waals surface area contributed by atoms with Crippen molar-refractivity contribution in [2.45, 2.75) is 24.9 Å². The molecule has 0 amide bonds. The number of benzene rings is 1. The minimum atomic E-state index is -4.27. The first-order valence-electron chi connectivity index (χ1n) is 5.39. The molecule has 1 unspecified atom stereocenters. The van der Waals surface area contributed by atoms with Gasteiger partial charge >= 0.3 is 6.18 Å². The number of rotatable bonds is 3. The Kier molecular flexibility index (Phi) is 2.93. The molecule has 0 aliphatic heterocycles. The lowest BCUT2D eigenvalue weighted by molar-refractivity contribution is -0.137. The zero-order valence-corrected chi connectivity index (χ0v) is 8.80. The molecule has 1 aliphatic rings. The van der Waals surface area contributed by atoms with Gasteiger partial charge in [-0.05, 0) is 42.9 Å². The van der Waals surface area contributed by atoms with Gasteiger partial charge in [-0.2, -0.15) is 13.2 Å². The Balaban J connectivity index is 2.27. The molecule has 0 aromatic heterocycles. The lowest BCUT2D eigenvalue weighted by Crippen LogP contribution is -2.15. The second-order valence-electron chi connectivity index (χ2n) is 4.30. The molecule has 2 N–H and O–H groups in total. The maximum absolute atomic E-state index is 12.5. The molecule has 2 rings (SSSR count). The highest BCUT2D eigenvalue weighted by atomic mass is 19.4. The minimum Gasteiger partial charge on any atom is -0.330 e. The van der Waals surface area contributed by atoms with Crippen molar-refractivity contribution in [3.63, 3.8) is 0 Å².